The van der Waals surface area contributed by atoms with E-state index >= 15 is 0 Å². The molecule has 0 N–H and O–H groups in total. The van der Waals surface area contributed by atoms with Gasteiger partial charge < -0.3 is 4.55 Å². The van der Waals surface area contributed by atoms with E-state index in [9.17, 15) is 13.0 Å². The van der Waals surface area contributed by atoms with Gasteiger partial charge in [0.15, 0.2) is 6.54 Å². The Morgan fingerprint density at radius 3 is 2.50 bits per heavy atom. The van der Waals surface area contributed by atoms with Crippen LogP contribution in [-0.4, -0.2) is 18.2 Å². The minimum Gasteiger partial charge on any atom is -0.748 e. The van der Waals surface area contributed by atoms with Crippen LogP contribution in [-0.2, 0) is 16.7 Å². The summed E-state index contributed by atoms with van der Waals surface area (Å²) in [5, 5.41) is 0.224. The average Bonchev–Trinajstić information content (AvgIpc) is 2.87. The number of hydrogen-bond acceptors (Lipinski definition) is 4. The minimum atomic E-state index is -4.23. The molecule has 1 atom stereocenters. The van der Waals surface area contributed by atoms with E-state index in [1.54, 1.807) is 11.3 Å². The van der Waals surface area contributed by atoms with Crippen LogP contribution < -0.4 is 4.57 Å². The van der Waals surface area contributed by atoms with Gasteiger partial charge in [0, 0.05) is 19.4 Å². The third-order valence-corrected chi connectivity index (χ3v) is 6.55. The Hall–Kier alpha value is -1.76. The molecular formula is C18H19NO3S2. The molecule has 0 aliphatic carbocycles. The molecule has 0 aliphatic heterocycles. The van der Waals surface area contributed by atoms with Crippen LogP contribution in [0.25, 0.3) is 21.3 Å². The zero-order chi connectivity index (χ0) is 17.3. The summed E-state index contributed by atoms with van der Waals surface area (Å²) in [6, 6.07) is 16.5. The largest absolute Gasteiger partial charge is 0.748 e. The molecule has 24 heavy (non-hydrogen) atoms. The number of benzene rings is 2. The Balaban J connectivity index is 1.97. The average molecular weight is 361 g/mol. The van der Waals surface area contributed by atoms with Crippen LogP contribution in [0, 0.1) is 6.92 Å². The highest BCUT2D eigenvalue weighted by Gasteiger charge is 2.20. The van der Waals surface area contributed by atoms with Gasteiger partial charge >= 0.3 is 0 Å². The van der Waals surface area contributed by atoms with Gasteiger partial charge in [-0.3, -0.25) is 0 Å². The van der Waals surface area contributed by atoms with E-state index in [-0.39, 0.29) is 0 Å². The Morgan fingerprint density at radius 2 is 1.83 bits per heavy atom. The summed E-state index contributed by atoms with van der Waals surface area (Å²) in [4.78, 5) is 0. The maximum atomic E-state index is 11.1. The molecule has 1 heterocycles. The van der Waals surface area contributed by atoms with Gasteiger partial charge in [-0.1, -0.05) is 47.7 Å². The number of hydrogen-bond donors (Lipinski definition) is 0. The second-order valence-electron chi connectivity index (χ2n) is 5.91. The van der Waals surface area contributed by atoms with E-state index < -0.39 is 15.4 Å². The lowest BCUT2D eigenvalue weighted by Crippen LogP contribution is -2.37. The summed E-state index contributed by atoms with van der Waals surface area (Å²) in [6.45, 7) is 4.01. The van der Waals surface area contributed by atoms with Crippen LogP contribution >= 0.6 is 11.3 Å². The molecule has 1 unspecified atom stereocenters. The number of thiazole rings is 1. The molecule has 0 spiro atoms. The molecule has 1 aromatic heterocycles. The molecule has 0 aliphatic rings. The molecule has 3 rings (SSSR count). The van der Waals surface area contributed by atoms with Gasteiger partial charge in [0.1, 0.15) is 4.70 Å². The molecule has 0 amide bonds. The third kappa shape index (κ3) is 3.50. The second kappa shape index (κ2) is 6.63. The van der Waals surface area contributed by atoms with Gasteiger partial charge in [-0.15, -0.1) is 0 Å². The molecule has 3 aromatic rings. The molecule has 6 heteroatoms. The molecule has 0 saturated heterocycles. The number of fused-ring (bicyclic) bond motifs is 1. The molecule has 0 fully saturated rings. The van der Waals surface area contributed by atoms with E-state index in [2.05, 4.69) is 34.9 Å². The Kier molecular flexibility index (Phi) is 4.71. The van der Waals surface area contributed by atoms with Crippen molar-refractivity contribution < 1.29 is 17.5 Å². The Morgan fingerprint density at radius 1 is 1.12 bits per heavy atom. The van der Waals surface area contributed by atoms with E-state index in [0.29, 0.717) is 13.0 Å². The van der Waals surface area contributed by atoms with Crippen molar-refractivity contribution >= 4 is 31.7 Å². The highest BCUT2D eigenvalue weighted by Crippen LogP contribution is 2.27. The van der Waals surface area contributed by atoms with Crippen LogP contribution in [0.5, 0.6) is 0 Å². The summed E-state index contributed by atoms with van der Waals surface area (Å²) in [5.74, 6) is 0. The number of rotatable bonds is 5. The minimum absolute atomic E-state index is 0.318. The molecule has 126 valence electrons. The monoisotopic (exact) mass is 361 g/mol. The van der Waals surface area contributed by atoms with Crippen molar-refractivity contribution in [2.45, 2.75) is 32.1 Å². The summed E-state index contributed by atoms with van der Waals surface area (Å²) in [7, 11) is -4.23. The Labute approximate surface area is 146 Å². The first-order valence-corrected chi connectivity index (χ1v) is 10.1. The second-order valence-corrected chi connectivity index (χ2v) is 8.94. The van der Waals surface area contributed by atoms with Crippen molar-refractivity contribution in [3.63, 3.8) is 0 Å². The van der Waals surface area contributed by atoms with Crippen LogP contribution in [0.1, 0.15) is 18.4 Å². The lowest BCUT2D eigenvalue weighted by molar-refractivity contribution is -0.673. The van der Waals surface area contributed by atoms with E-state index in [1.807, 2.05) is 25.1 Å². The first kappa shape index (κ1) is 17.1. The highest BCUT2D eigenvalue weighted by molar-refractivity contribution is 7.86. The van der Waals surface area contributed by atoms with Crippen LogP contribution in [0.15, 0.2) is 48.5 Å². The summed E-state index contributed by atoms with van der Waals surface area (Å²) in [6.07, 6.45) is 0.318. The quantitative estimate of drug-likeness (QED) is 0.516. The molecular weight excluding hydrogens is 342 g/mol. The lowest BCUT2D eigenvalue weighted by Gasteiger charge is -2.13. The number of aromatic nitrogens is 1. The van der Waals surface area contributed by atoms with Crippen LogP contribution in [0.2, 0.25) is 0 Å². The zero-order valence-corrected chi connectivity index (χ0v) is 15.2. The maximum Gasteiger partial charge on any atom is 0.235 e. The van der Waals surface area contributed by atoms with Crippen molar-refractivity contribution in [3.8, 4) is 11.1 Å². The first-order chi connectivity index (χ1) is 11.4. The third-order valence-electron chi connectivity index (χ3n) is 4.25. The van der Waals surface area contributed by atoms with Crippen LogP contribution in [0.3, 0.4) is 0 Å². The first-order valence-electron chi connectivity index (χ1n) is 7.79. The van der Waals surface area contributed by atoms with Crippen molar-refractivity contribution in [2.24, 2.45) is 0 Å². The molecule has 2 aromatic carbocycles. The highest BCUT2D eigenvalue weighted by atomic mass is 32.2. The van der Waals surface area contributed by atoms with Crippen molar-refractivity contribution in [3.05, 3.63) is 53.5 Å². The van der Waals surface area contributed by atoms with Gasteiger partial charge in [0.25, 0.3) is 0 Å². The van der Waals surface area contributed by atoms with Gasteiger partial charge in [-0.2, -0.15) is 4.57 Å². The summed E-state index contributed by atoms with van der Waals surface area (Å²) < 4.78 is 36.6. The number of aryl methyl sites for hydroxylation is 2. The van der Waals surface area contributed by atoms with Gasteiger partial charge in [-0.25, -0.2) is 8.42 Å². The van der Waals surface area contributed by atoms with E-state index in [0.717, 1.165) is 26.4 Å². The fraction of sp³-hybridized carbons (Fsp3) is 0.278. The summed E-state index contributed by atoms with van der Waals surface area (Å²) in [5.41, 5.74) is 3.35. The van der Waals surface area contributed by atoms with Crippen molar-refractivity contribution in [1.82, 2.24) is 0 Å². The lowest BCUT2D eigenvalue weighted by atomic mass is 10.1. The smallest absolute Gasteiger partial charge is 0.235 e. The zero-order valence-electron chi connectivity index (χ0n) is 13.6. The number of nitrogens with zero attached hydrogens (tertiary/aromatic N) is 1. The standard InChI is InChI=1S/C18H19NO3S2/c1-13(24(20,21)22)10-11-19-14(2)23-18-9-8-16(12-17(18)19)15-6-4-3-5-7-15/h3-9,12-13H,10-11H2,1-2H3. The van der Waals surface area contributed by atoms with Crippen molar-refractivity contribution in [2.75, 3.05) is 0 Å². The molecule has 0 saturated carbocycles. The Bertz CT molecular complexity index is 963. The molecule has 4 nitrogen and oxygen atoms in total. The van der Waals surface area contributed by atoms with Gasteiger partial charge in [0.05, 0.1) is 15.4 Å². The fourth-order valence-corrected chi connectivity index (χ4v) is 4.16. The van der Waals surface area contributed by atoms with E-state index in [1.165, 1.54) is 6.92 Å². The summed E-state index contributed by atoms with van der Waals surface area (Å²) >= 11 is 1.68. The van der Waals surface area contributed by atoms with Crippen molar-refractivity contribution in [1.29, 1.82) is 0 Å². The predicted octanol–water partition coefficient (Wildman–Crippen LogP) is 3.49. The van der Waals surface area contributed by atoms with E-state index in [4.69, 9.17) is 0 Å². The fourth-order valence-electron chi connectivity index (χ4n) is 2.74. The van der Waals surface area contributed by atoms with Gasteiger partial charge in [-0.05, 0) is 24.1 Å². The molecule has 0 bridgehead atoms. The normalized spacial score (nSPS) is 13.3. The predicted molar refractivity (Wildman–Crippen MR) is 96.0 cm³/mol. The SMILES string of the molecule is Cc1sc2ccc(-c3ccccc3)cc2[n+]1CCC(C)S(=O)(=O)[O-]. The van der Waals surface area contributed by atoms with Gasteiger partial charge in [0.2, 0.25) is 10.5 Å². The maximum absolute atomic E-state index is 11.1. The van der Waals surface area contributed by atoms with Crippen LogP contribution in [0.4, 0.5) is 0 Å². The topological polar surface area (TPSA) is 61.1 Å². The molecule has 0 radical (unpaired) electrons.